The third-order valence-electron chi connectivity index (χ3n) is 11.9. The Labute approximate surface area is 371 Å². The molecule has 3 amide bonds. The number of thiazole rings is 1. The maximum Gasteiger partial charge on any atom is 0.263 e. The van der Waals surface area contributed by atoms with Gasteiger partial charge < -0.3 is 20.9 Å². The van der Waals surface area contributed by atoms with Gasteiger partial charge in [-0.25, -0.2) is 15.0 Å². The van der Waals surface area contributed by atoms with Crippen molar-refractivity contribution in [2.45, 2.75) is 91.5 Å². The number of nitrogens with zero attached hydrogens (tertiary/aromatic N) is 7. The second kappa shape index (κ2) is 20.9. The van der Waals surface area contributed by atoms with E-state index in [-0.39, 0.29) is 40.7 Å². The van der Waals surface area contributed by atoms with Gasteiger partial charge in [0.1, 0.15) is 11.5 Å². The Morgan fingerprint density at radius 3 is 2.21 bits per heavy atom. The van der Waals surface area contributed by atoms with Gasteiger partial charge in [-0.05, 0) is 94.8 Å². The van der Waals surface area contributed by atoms with Crippen LogP contribution in [0, 0.1) is 20.8 Å². The van der Waals surface area contributed by atoms with Crippen molar-refractivity contribution in [3.63, 3.8) is 0 Å². The minimum atomic E-state index is -0.281. The number of anilines is 4. The van der Waals surface area contributed by atoms with E-state index in [0.717, 1.165) is 100 Å². The van der Waals surface area contributed by atoms with E-state index in [0.29, 0.717) is 64.3 Å². The summed E-state index contributed by atoms with van der Waals surface area (Å²) in [6.07, 6.45) is 13.8. The first kappa shape index (κ1) is 45.0. The number of ketones is 1. The van der Waals surface area contributed by atoms with Crippen LogP contribution in [0.2, 0.25) is 0 Å². The van der Waals surface area contributed by atoms with E-state index < -0.39 is 0 Å². The molecule has 0 radical (unpaired) electrons. The van der Waals surface area contributed by atoms with E-state index in [2.05, 4.69) is 46.0 Å². The molecule has 1 aromatic carbocycles. The summed E-state index contributed by atoms with van der Waals surface area (Å²) >= 11 is 1.41. The van der Waals surface area contributed by atoms with Gasteiger partial charge >= 0.3 is 0 Å². The molecule has 0 bridgehead atoms. The number of piperazine rings is 1. The molecule has 0 spiro atoms. The summed E-state index contributed by atoms with van der Waals surface area (Å²) in [6.45, 7) is 11.6. The number of unbranched alkanes of at least 4 members (excludes halogenated alkanes) is 4. The number of benzene rings is 1. The van der Waals surface area contributed by atoms with Crippen LogP contribution in [-0.4, -0.2) is 98.7 Å². The maximum absolute atomic E-state index is 13.6. The van der Waals surface area contributed by atoms with E-state index in [9.17, 15) is 24.0 Å². The fraction of sp³-hybridized carbons (Fsp3) is 0.457. The molecule has 16 nitrogen and oxygen atoms in total. The summed E-state index contributed by atoms with van der Waals surface area (Å²) < 4.78 is 1.70. The zero-order valence-electron chi connectivity index (χ0n) is 36.6. The van der Waals surface area contributed by atoms with Crippen molar-refractivity contribution >= 4 is 68.5 Å². The molecule has 17 heteroatoms. The van der Waals surface area contributed by atoms with Crippen molar-refractivity contribution in [1.29, 1.82) is 0 Å². The van der Waals surface area contributed by atoms with E-state index in [1.54, 1.807) is 42.1 Å². The average molecular weight is 876 g/mol. The number of carbonyl (C=O) groups excluding carboxylic acids is 4. The van der Waals surface area contributed by atoms with Gasteiger partial charge in [-0.15, -0.1) is 11.3 Å². The summed E-state index contributed by atoms with van der Waals surface area (Å²) in [7, 11) is 0. The lowest BCUT2D eigenvalue weighted by molar-refractivity contribution is -0.122. The maximum atomic E-state index is 13.6. The van der Waals surface area contributed by atoms with Crippen LogP contribution in [0.15, 0.2) is 53.7 Å². The summed E-state index contributed by atoms with van der Waals surface area (Å²) in [4.78, 5) is 87.6. The zero-order valence-corrected chi connectivity index (χ0v) is 37.4. The third-order valence-corrected chi connectivity index (χ3v) is 12.7. The van der Waals surface area contributed by atoms with E-state index in [1.165, 1.54) is 18.3 Å². The molecule has 4 N–H and O–H groups in total. The fourth-order valence-electron chi connectivity index (χ4n) is 8.44. The van der Waals surface area contributed by atoms with Crippen LogP contribution in [0.1, 0.15) is 118 Å². The highest BCUT2D eigenvalue weighted by atomic mass is 32.1. The van der Waals surface area contributed by atoms with Crippen molar-refractivity contribution in [2.24, 2.45) is 0 Å². The number of pyridine rings is 2. The van der Waals surface area contributed by atoms with Crippen LogP contribution in [0.5, 0.6) is 0 Å². The molecule has 4 aromatic heterocycles. The molecule has 2 fully saturated rings. The summed E-state index contributed by atoms with van der Waals surface area (Å²) in [5.41, 5.74) is 3.81. The van der Waals surface area contributed by atoms with Crippen LogP contribution >= 0.6 is 11.3 Å². The number of hydrogen-bond acceptors (Lipinski definition) is 13. The molecular formula is C46H57N11O5S. The molecule has 5 heterocycles. The van der Waals surface area contributed by atoms with E-state index in [1.807, 2.05) is 32.2 Å². The average Bonchev–Trinajstić information content (AvgIpc) is 3.95. The summed E-state index contributed by atoms with van der Waals surface area (Å²) in [5, 5.41) is 13.3. The number of rotatable bonds is 18. The minimum Gasteiger partial charge on any atom is -0.368 e. The summed E-state index contributed by atoms with van der Waals surface area (Å²) in [5.74, 6) is 0.287. The van der Waals surface area contributed by atoms with Gasteiger partial charge in [0.2, 0.25) is 11.9 Å². The largest absolute Gasteiger partial charge is 0.368 e. The number of Topliss-reactive ketones (excluding diaryl/α,β-unsaturated/α-hetero) is 1. The molecule has 0 atom stereocenters. The second-order valence-electron chi connectivity index (χ2n) is 16.5. The highest BCUT2D eigenvalue weighted by molar-refractivity contribution is 7.15. The van der Waals surface area contributed by atoms with Crippen LogP contribution in [0.4, 0.5) is 22.6 Å². The number of fused-ring (bicyclic) bond motifs is 1. The molecule has 1 saturated carbocycles. The topological polar surface area (TPSA) is 196 Å². The van der Waals surface area contributed by atoms with Gasteiger partial charge in [-0.1, -0.05) is 32.1 Å². The minimum absolute atomic E-state index is 0.00262. The first-order valence-corrected chi connectivity index (χ1v) is 22.8. The Morgan fingerprint density at radius 2 is 1.54 bits per heavy atom. The molecule has 2 aliphatic rings. The van der Waals surface area contributed by atoms with Crippen molar-refractivity contribution in [3.8, 4) is 0 Å². The molecule has 0 unspecified atom stereocenters. The van der Waals surface area contributed by atoms with Gasteiger partial charge in [-0.2, -0.15) is 4.98 Å². The van der Waals surface area contributed by atoms with Crippen LogP contribution in [0.3, 0.4) is 0 Å². The lowest BCUT2D eigenvalue weighted by Gasteiger charge is -2.35. The number of aromatic nitrogens is 5. The van der Waals surface area contributed by atoms with Crippen LogP contribution in [-0.2, 0) is 4.79 Å². The summed E-state index contributed by atoms with van der Waals surface area (Å²) in [6, 6.07) is 8.97. The zero-order chi connectivity index (χ0) is 44.5. The van der Waals surface area contributed by atoms with E-state index >= 15 is 0 Å². The van der Waals surface area contributed by atoms with Gasteiger partial charge in [0.15, 0.2) is 10.9 Å². The standard InChI is InChI=1S/C46H57N11O5S/c1-29-24-33(14-16-36(29)43(61)54-46-51-25-30(2)63-46)42(60)48-19-11-7-5-6-10-18-47-39(59)28-55-20-22-56(23-21-55)35-15-17-38(49-26-35)52-45-50-27-37-31(3)40(32(4)58)44(62)57(41(37)53-45)34-12-8-9-13-34/h14-17,24-27,34H,5-13,18-23,28H2,1-4H3,(H,47,59)(H,48,60)(H,51,54,61)(H,49,50,52,53). The first-order valence-electron chi connectivity index (χ1n) is 22.0. The van der Waals surface area contributed by atoms with Crippen LogP contribution in [0.25, 0.3) is 11.0 Å². The number of amides is 3. The molecule has 63 heavy (non-hydrogen) atoms. The SMILES string of the molecule is CC(=O)c1c(C)c2cnc(Nc3ccc(N4CCN(CC(=O)NCCCCCCCNC(=O)c5ccc(C(=O)Nc6ncc(C)s6)c(C)c5)CC4)cn3)nc2n(C2CCCC2)c1=O. The lowest BCUT2D eigenvalue weighted by atomic mass is 10.0. The van der Waals surface area contributed by atoms with Crippen molar-refractivity contribution < 1.29 is 19.2 Å². The van der Waals surface area contributed by atoms with Crippen molar-refractivity contribution in [1.82, 2.24) is 40.0 Å². The lowest BCUT2D eigenvalue weighted by Crippen LogP contribution is -2.49. The predicted octanol–water partition coefficient (Wildman–Crippen LogP) is 6.50. The van der Waals surface area contributed by atoms with Gasteiger partial charge in [-0.3, -0.25) is 38.8 Å². The number of carbonyl (C=O) groups is 4. The number of aryl methyl sites for hydroxylation is 3. The van der Waals surface area contributed by atoms with Gasteiger partial charge in [0, 0.05) is 79.1 Å². The Kier molecular flexibility index (Phi) is 14.9. The monoisotopic (exact) mass is 875 g/mol. The van der Waals surface area contributed by atoms with Gasteiger partial charge in [0.05, 0.1) is 24.0 Å². The smallest absolute Gasteiger partial charge is 0.263 e. The van der Waals surface area contributed by atoms with Crippen LogP contribution < -0.4 is 31.7 Å². The Hall–Kier alpha value is -6.07. The Morgan fingerprint density at radius 1 is 0.810 bits per heavy atom. The second-order valence-corrected chi connectivity index (χ2v) is 17.8. The molecule has 7 rings (SSSR count). The number of nitrogens with one attached hydrogen (secondary N) is 4. The van der Waals surface area contributed by atoms with E-state index in [4.69, 9.17) is 4.98 Å². The number of hydrogen-bond donors (Lipinski definition) is 4. The van der Waals surface area contributed by atoms with Crippen molar-refractivity contribution in [3.05, 3.63) is 92.0 Å². The molecule has 5 aromatic rings. The fourth-order valence-corrected chi connectivity index (χ4v) is 9.10. The molecule has 1 aliphatic carbocycles. The molecule has 1 saturated heterocycles. The van der Waals surface area contributed by atoms with Gasteiger partial charge in [0.25, 0.3) is 17.4 Å². The normalized spacial score (nSPS) is 14.5. The Balaban J connectivity index is 0.767. The Bertz CT molecular complexity index is 2510. The van der Waals surface area contributed by atoms with Crippen molar-refractivity contribution in [2.75, 3.05) is 61.3 Å². The highest BCUT2D eigenvalue weighted by Gasteiger charge is 2.26. The quantitative estimate of drug-likeness (QED) is 0.0552. The highest BCUT2D eigenvalue weighted by Crippen LogP contribution is 2.32. The first-order chi connectivity index (χ1) is 30.4. The predicted molar refractivity (Wildman–Crippen MR) is 247 cm³/mol. The molecular weight excluding hydrogens is 819 g/mol. The third kappa shape index (κ3) is 11.3. The molecule has 1 aliphatic heterocycles. The molecule has 332 valence electrons.